The van der Waals surface area contributed by atoms with E-state index < -0.39 is 50.3 Å². The average Bonchev–Trinajstić information content (AvgIpc) is 3.02. The minimum absolute atomic E-state index is 0.0104. The van der Waals surface area contributed by atoms with E-state index in [1.54, 1.807) is 22.1 Å². The lowest BCUT2D eigenvalue weighted by Gasteiger charge is -2.37. The maximum atomic E-state index is 15.5. The predicted octanol–water partition coefficient (Wildman–Crippen LogP) is 6.52. The van der Waals surface area contributed by atoms with E-state index in [0.717, 1.165) is 0 Å². The summed E-state index contributed by atoms with van der Waals surface area (Å²) in [5, 5.41) is 19.5. The maximum Gasteiger partial charge on any atom is 0.272 e. The number of carbonyl (C=O) groups excluding carboxylic acids is 1. The highest BCUT2D eigenvalue weighted by Crippen LogP contribution is 2.45. The van der Waals surface area contributed by atoms with E-state index in [9.17, 15) is 24.3 Å². The molecule has 1 N–H and O–H groups in total. The first-order chi connectivity index (χ1) is 21.3. The van der Waals surface area contributed by atoms with Crippen LogP contribution < -0.4 is 10.5 Å². The lowest BCUT2D eigenvalue weighted by molar-refractivity contribution is -0.126. The van der Waals surface area contributed by atoms with Gasteiger partial charge in [-0.2, -0.15) is 5.26 Å². The third kappa shape index (κ3) is 5.35. The molecule has 234 valence electrons. The molecular weight excluding hydrogens is 649 g/mol. The van der Waals surface area contributed by atoms with Gasteiger partial charge in [0.2, 0.25) is 5.91 Å². The molecule has 14 heteroatoms. The van der Waals surface area contributed by atoms with Crippen LogP contribution in [-0.2, 0) is 4.79 Å². The Morgan fingerprint density at radius 2 is 1.82 bits per heavy atom. The van der Waals surface area contributed by atoms with Crippen LogP contribution in [0.5, 0.6) is 5.75 Å². The van der Waals surface area contributed by atoms with Gasteiger partial charge >= 0.3 is 0 Å². The van der Waals surface area contributed by atoms with E-state index in [1.165, 1.54) is 16.7 Å². The number of nitriles is 1. The molecule has 2 aliphatic rings. The number of halogens is 5. The summed E-state index contributed by atoms with van der Waals surface area (Å²) in [6, 6.07) is 2.74. The van der Waals surface area contributed by atoms with Crippen LogP contribution in [0, 0.1) is 34.8 Å². The maximum absolute atomic E-state index is 15.5. The molecule has 3 aromatic rings. The summed E-state index contributed by atoms with van der Waals surface area (Å²) in [5.74, 6) is -4.47. The molecule has 45 heavy (non-hydrogen) atoms. The van der Waals surface area contributed by atoms with Gasteiger partial charge in [-0.3, -0.25) is 19.1 Å². The number of carbonyl (C=O) groups is 1. The zero-order chi connectivity index (χ0) is 32.9. The molecule has 4 heterocycles. The second-order valence-electron chi connectivity index (χ2n) is 11.1. The van der Waals surface area contributed by atoms with Crippen LogP contribution in [0.1, 0.15) is 32.4 Å². The van der Waals surface area contributed by atoms with Crippen molar-refractivity contribution >= 4 is 63.1 Å². The number of phenolic OH excluding ortho intramolecular Hbond substituents is 1. The summed E-state index contributed by atoms with van der Waals surface area (Å²) >= 11 is 18.4. The Morgan fingerprint density at radius 3 is 2.42 bits per heavy atom. The Bertz CT molecular complexity index is 1900. The van der Waals surface area contributed by atoms with Gasteiger partial charge in [0.25, 0.3) is 5.56 Å². The summed E-state index contributed by atoms with van der Waals surface area (Å²) in [4.78, 5) is 39.1. The Balaban J connectivity index is 1.88. The van der Waals surface area contributed by atoms with E-state index in [0.29, 0.717) is 5.71 Å². The minimum Gasteiger partial charge on any atom is -0.504 e. The smallest absolute Gasteiger partial charge is 0.272 e. The van der Waals surface area contributed by atoms with Gasteiger partial charge in [0.15, 0.2) is 17.4 Å². The summed E-state index contributed by atoms with van der Waals surface area (Å²) in [6.45, 7) is 10.3. The number of amides is 1. The van der Waals surface area contributed by atoms with Crippen LogP contribution in [0.15, 0.2) is 40.8 Å². The number of nitrogens with zero attached hydrogens (tertiary/aromatic N) is 6. The number of fused-ring (bicyclic) bond motifs is 1. The molecule has 1 unspecified atom stereocenters. The number of anilines is 1. The Labute approximate surface area is 272 Å². The van der Waals surface area contributed by atoms with Crippen molar-refractivity contribution < 1.29 is 18.7 Å². The number of aromatic hydroxyl groups is 1. The third-order valence-corrected chi connectivity index (χ3v) is 9.16. The first-order valence-electron chi connectivity index (χ1n) is 14.0. The molecule has 1 aromatic carbocycles. The van der Waals surface area contributed by atoms with Gasteiger partial charge in [0.05, 0.1) is 33.0 Å². The molecule has 0 aliphatic carbocycles. The topological polar surface area (TPSA) is 115 Å². The van der Waals surface area contributed by atoms with Gasteiger partial charge < -0.3 is 14.9 Å². The van der Waals surface area contributed by atoms with Crippen molar-refractivity contribution in [1.82, 2.24) is 14.5 Å². The van der Waals surface area contributed by atoms with E-state index in [4.69, 9.17) is 34.8 Å². The fraction of sp³-hybridized carbons (Fsp3) is 0.323. The van der Waals surface area contributed by atoms with Gasteiger partial charge in [-0.15, -0.1) is 0 Å². The number of aromatic nitrogens is 2. The van der Waals surface area contributed by atoms with E-state index in [-0.39, 0.29) is 71.2 Å². The molecule has 1 amide bonds. The number of pyridine rings is 2. The summed E-state index contributed by atoms with van der Waals surface area (Å²) in [5.41, 5.74) is -1.16. The average molecular weight is 676 g/mol. The Kier molecular flexibility index (Phi) is 8.95. The second kappa shape index (κ2) is 12.4. The molecular formula is C31H27Cl3F2N6O3. The van der Waals surface area contributed by atoms with Crippen LogP contribution in [0.3, 0.4) is 0 Å². The molecule has 5 rings (SSSR count). The molecule has 9 nitrogen and oxygen atoms in total. The fourth-order valence-electron chi connectivity index (χ4n) is 5.84. The monoisotopic (exact) mass is 674 g/mol. The molecule has 1 saturated heterocycles. The van der Waals surface area contributed by atoms with Gasteiger partial charge in [-0.25, -0.2) is 13.8 Å². The largest absolute Gasteiger partial charge is 0.504 e. The van der Waals surface area contributed by atoms with Crippen molar-refractivity contribution in [3.8, 4) is 23.1 Å². The number of rotatable bonds is 5. The highest BCUT2D eigenvalue weighted by atomic mass is 35.5. The molecule has 0 spiro atoms. The zero-order valence-corrected chi connectivity index (χ0v) is 26.7. The number of aliphatic imine (C=N–C) groups is 1. The Hall–Kier alpha value is -3.98. The predicted molar refractivity (Wildman–Crippen MR) is 171 cm³/mol. The van der Waals surface area contributed by atoms with E-state index in [2.05, 4.69) is 22.6 Å². The molecule has 2 atom stereocenters. The van der Waals surface area contributed by atoms with Gasteiger partial charge in [0.1, 0.15) is 22.3 Å². The zero-order valence-electron chi connectivity index (χ0n) is 24.4. The minimum atomic E-state index is -1.37. The highest BCUT2D eigenvalue weighted by molar-refractivity contribution is 6.42. The lowest BCUT2D eigenvalue weighted by Crippen LogP contribution is -2.49. The number of allylic oxidation sites excluding steroid dienone is 1. The van der Waals surface area contributed by atoms with Crippen LogP contribution >= 0.6 is 34.8 Å². The highest BCUT2D eigenvalue weighted by Gasteiger charge is 2.35. The number of hydrogen-bond donors (Lipinski definition) is 1. The molecule has 0 saturated carbocycles. The van der Waals surface area contributed by atoms with Crippen LogP contribution in [0.2, 0.25) is 15.1 Å². The van der Waals surface area contributed by atoms with Crippen LogP contribution in [0.4, 0.5) is 14.5 Å². The van der Waals surface area contributed by atoms with Crippen molar-refractivity contribution in [2.24, 2.45) is 16.8 Å². The normalized spacial score (nSPS) is 18.4. The third-order valence-electron chi connectivity index (χ3n) is 8.07. The van der Waals surface area contributed by atoms with Crippen molar-refractivity contribution in [2.45, 2.75) is 26.8 Å². The van der Waals surface area contributed by atoms with Crippen LogP contribution in [0.25, 0.3) is 22.3 Å². The number of piperazine rings is 1. The standard InChI is InChI=1S/C31H27Cl3F2N6O3/c1-5-19(43)40-8-10-41(11-9-40)28-16-12-18(32)26(20-23(35)21(33)22(34)24(36)29(20)44)39-30(16)42(31(45)17(28)13-37)27-15(4)6-7-38-25(27)14(2)3/h5-7,12,14-15,27,44H,1,8-11H2,2-4H3/t15-,27?/m1/s1. The first-order valence-corrected chi connectivity index (χ1v) is 15.1. The molecule has 1 fully saturated rings. The van der Waals surface area contributed by atoms with E-state index >= 15 is 4.39 Å². The molecule has 2 aromatic heterocycles. The molecule has 2 aliphatic heterocycles. The summed E-state index contributed by atoms with van der Waals surface area (Å²) in [6.07, 6.45) is 4.67. The van der Waals surface area contributed by atoms with Crippen molar-refractivity contribution in [2.75, 3.05) is 31.1 Å². The molecule has 0 bridgehead atoms. The number of phenols is 1. The van der Waals surface area contributed by atoms with Gasteiger partial charge in [-0.1, -0.05) is 68.2 Å². The first kappa shape index (κ1) is 32.4. The SMILES string of the molecule is C=CC(=O)N1CCN(c2c(C#N)c(=O)n(C3C(C(C)C)=NC=C[C@H]3C)c3nc(-c4c(O)c(F)c(Cl)c(Cl)c4F)c(Cl)cc23)CC1. The lowest BCUT2D eigenvalue weighted by atomic mass is 9.88. The quantitative estimate of drug-likeness (QED) is 0.187. The van der Waals surface area contributed by atoms with Crippen molar-refractivity contribution in [3.63, 3.8) is 0 Å². The second-order valence-corrected chi connectivity index (χ2v) is 12.2. The summed E-state index contributed by atoms with van der Waals surface area (Å²) in [7, 11) is 0. The van der Waals surface area contributed by atoms with Crippen LogP contribution in [-0.4, -0.2) is 57.4 Å². The van der Waals surface area contributed by atoms with Crippen molar-refractivity contribution in [1.29, 1.82) is 5.26 Å². The van der Waals surface area contributed by atoms with E-state index in [1.807, 2.05) is 20.8 Å². The van der Waals surface area contributed by atoms with Gasteiger partial charge in [0, 0.05) is 49.4 Å². The van der Waals surface area contributed by atoms with Gasteiger partial charge in [-0.05, 0) is 18.1 Å². The molecule has 0 radical (unpaired) electrons. The van der Waals surface area contributed by atoms with Crippen molar-refractivity contribution in [3.05, 3.63) is 73.6 Å². The number of benzene rings is 1. The Morgan fingerprint density at radius 1 is 1.18 bits per heavy atom. The summed E-state index contributed by atoms with van der Waals surface area (Å²) < 4.78 is 31.7. The number of hydrogen-bond acceptors (Lipinski definition) is 7. The fourth-order valence-corrected chi connectivity index (χ4v) is 6.44.